The van der Waals surface area contributed by atoms with Crippen LogP contribution in [0.4, 0.5) is 5.69 Å². The second-order valence-electron chi connectivity index (χ2n) is 5.20. The van der Waals surface area contributed by atoms with Gasteiger partial charge in [0.05, 0.1) is 12.2 Å². The molecule has 3 rings (SSSR count). The molecule has 6 nitrogen and oxygen atoms in total. The Morgan fingerprint density at radius 2 is 1.61 bits per heavy atom. The molecule has 118 valence electrons. The predicted octanol–water partition coefficient (Wildman–Crippen LogP) is 1.89. The molecular formula is C17H16N2O4. The van der Waals surface area contributed by atoms with Crippen molar-refractivity contribution in [3.63, 3.8) is 0 Å². The summed E-state index contributed by atoms with van der Waals surface area (Å²) in [6.07, 6.45) is -1.99. The lowest BCUT2D eigenvalue weighted by atomic mass is 10.2. The highest BCUT2D eigenvalue weighted by atomic mass is 16.6. The summed E-state index contributed by atoms with van der Waals surface area (Å²) in [5.74, 6) is -1.52. The minimum Gasteiger partial charge on any atom is -0.479 e. The summed E-state index contributed by atoms with van der Waals surface area (Å²) in [5, 5.41) is 10.3. The Hall–Kier alpha value is -2.86. The van der Waals surface area contributed by atoms with E-state index in [1.54, 1.807) is 0 Å². The summed E-state index contributed by atoms with van der Waals surface area (Å²) in [4.78, 5) is 23.4. The quantitative estimate of drug-likeness (QED) is 0.629. The molecule has 2 aromatic carbocycles. The monoisotopic (exact) mass is 312 g/mol. The lowest BCUT2D eigenvalue weighted by Gasteiger charge is -2.24. The number of aliphatic carboxylic acids is 1. The van der Waals surface area contributed by atoms with E-state index in [0.717, 1.165) is 11.3 Å². The normalized spacial score (nSPS) is 19.0. The van der Waals surface area contributed by atoms with Gasteiger partial charge in [0.1, 0.15) is 0 Å². The average Bonchev–Trinajstić information content (AvgIpc) is 3.36. The standard InChI is InChI=1S/C17H16N2O4/c20-16(14-15(23-14)17(21)22)19(11-12-7-3-1-4-8-12)18-13-9-5-2-6-10-13/h1-10,14-15,18H,11H2,(H,21,22)/t14-,15+/m1/s1. The van der Waals surface area contributed by atoms with Crippen LogP contribution >= 0.6 is 0 Å². The average molecular weight is 312 g/mol. The van der Waals surface area contributed by atoms with Crippen LogP contribution in [0.2, 0.25) is 0 Å². The molecule has 0 spiro atoms. The number of rotatable bonds is 6. The molecule has 1 heterocycles. The largest absolute Gasteiger partial charge is 0.479 e. The number of hydrazine groups is 1. The van der Waals surface area contributed by atoms with E-state index < -0.39 is 24.1 Å². The SMILES string of the molecule is O=C(O)[C@H]1O[C@H]1C(=O)N(Cc1ccccc1)Nc1ccccc1. The molecule has 0 radical (unpaired) electrons. The molecule has 6 heteroatoms. The molecule has 2 aromatic rings. The highest BCUT2D eigenvalue weighted by molar-refractivity contribution is 5.92. The Kier molecular flexibility index (Phi) is 4.25. The van der Waals surface area contributed by atoms with Crippen LogP contribution < -0.4 is 5.43 Å². The van der Waals surface area contributed by atoms with E-state index in [0.29, 0.717) is 6.54 Å². The number of nitrogens with zero attached hydrogens (tertiary/aromatic N) is 1. The molecule has 0 unspecified atom stereocenters. The zero-order valence-electron chi connectivity index (χ0n) is 12.3. The molecule has 1 saturated heterocycles. The van der Waals surface area contributed by atoms with E-state index in [1.165, 1.54) is 5.01 Å². The molecule has 1 aliphatic heterocycles. The van der Waals surface area contributed by atoms with Crippen LogP contribution in [0.25, 0.3) is 0 Å². The molecule has 0 bridgehead atoms. The van der Waals surface area contributed by atoms with Gasteiger partial charge < -0.3 is 9.84 Å². The topological polar surface area (TPSA) is 82.2 Å². The minimum absolute atomic E-state index is 0.306. The zero-order chi connectivity index (χ0) is 16.2. The van der Waals surface area contributed by atoms with Gasteiger partial charge in [-0.2, -0.15) is 0 Å². The number of epoxide rings is 1. The van der Waals surface area contributed by atoms with E-state index in [1.807, 2.05) is 60.7 Å². The number of ether oxygens (including phenoxy) is 1. The molecule has 1 amide bonds. The first-order valence-electron chi connectivity index (χ1n) is 7.20. The van der Waals surface area contributed by atoms with Crippen LogP contribution in [0, 0.1) is 0 Å². The molecular weight excluding hydrogens is 296 g/mol. The van der Waals surface area contributed by atoms with Crippen LogP contribution in [-0.2, 0) is 20.9 Å². The van der Waals surface area contributed by atoms with Crippen molar-refractivity contribution in [3.05, 3.63) is 66.2 Å². The van der Waals surface area contributed by atoms with Gasteiger partial charge in [0.25, 0.3) is 5.91 Å². The fourth-order valence-electron chi connectivity index (χ4n) is 2.25. The third kappa shape index (κ3) is 3.67. The molecule has 0 aliphatic carbocycles. The van der Waals surface area contributed by atoms with Crippen LogP contribution in [0.1, 0.15) is 5.56 Å². The molecule has 2 atom stereocenters. The maximum atomic E-state index is 12.5. The number of hydrogen-bond acceptors (Lipinski definition) is 4. The Labute approximate surface area is 133 Å². The van der Waals surface area contributed by atoms with Crippen molar-refractivity contribution in [2.45, 2.75) is 18.8 Å². The number of hydrogen-bond donors (Lipinski definition) is 2. The number of benzene rings is 2. The summed E-state index contributed by atoms with van der Waals surface area (Å²) < 4.78 is 4.97. The second-order valence-corrected chi connectivity index (χ2v) is 5.20. The van der Waals surface area contributed by atoms with Gasteiger partial charge in [0.15, 0.2) is 12.2 Å². The fourth-order valence-corrected chi connectivity index (χ4v) is 2.25. The Morgan fingerprint density at radius 3 is 2.17 bits per heavy atom. The Balaban J connectivity index is 1.76. The van der Waals surface area contributed by atoms with Crippen molar-refractivity contribution < 1.29 is 19.4 Å². The number of carbonyl (C=O) groups is 2. The van der Waals surface area contributed by atoms with Gasteiger partial charge in [0.2, 0.25) is 0 Å². The summed E-state index contributed by atoms with van der Waals surface area (Å²) in [5.41, 5.74) is 4.69. The summed E-state index contributed by atoms with van der Waals surface area (Å²) in [6, 6.07) is 18.7. The van der Waals surface area contributed by atoms with Crippen molar-refractivity contribution >= 4 is 17.6 Å². The maximum absolute atomic E-state index is 12.5. The van der Waals surface area contributed by atoms with Gasteiger partial charge in [-0.1, -0.05) is 48.5 Å². The zero-order valence-corrected chi connectivity index (χ0v) is 12.3. The Morgan fingerprint density at radius 1 is 1.00 bits per heavy atom. The van der Waals surface area contributed by atoms with Crippen LogP contribution in [0.3, 0.4) is 0 Å². The van der Waals surface area contributed by atoms with E-state index in [-0.39, 0.29) is 0 Å². The van der Waals surface area contributed by atoms with Crippen molar-refractivity contribution in [1.29, 1.82) is 0 Å². The maximum Gasteiger partial charge on any atom is 0.336 e. The van der Waals surface area contributed by atoms with Crippen molar-refractivity contribution in [3.8, 4) is 0 Å². The smallest absolute Gasteiger partial charge is 0.336 e. The third-order valence-electron chi connectivity index (χ3n) is 3.47. The van der Waals surface area contributed by atoms with Crippen molar-refractivity contribution in [1.82, 2.24) is 5.01 Å². The molecule has 0 aromatic heterocycles. The van der Waals surface area contributed by atoms with Gasteiger partial charge in [-0.05, 0) is 17.7 Å². The lowest BCUT2D eigenvalue weighted by Crippen LogP contribution is -2.39. The number of amides is 1. The molecule has 2 N–H and O–H groups in total. The number of carboxylic acid groups (broad SMARTS) is 1. The predicted molar refractivity (Wildman–Crippen MR) is 83.4 cm³/mol. The van der Waals surface area contributed by atoms with Gasteiger partial charge in [-0.25, -0.2) is 9.80 Å². The Bertz CT molecular complexity index is 649. The minimum atomic E-state index is -1.12. The number of nitrogens with one attached hydrogen (secondary N) is 1. The lowest BCUT2D eigenvalue weighted by molar-refractivity contribution is -0.139. The number of carboxylic acids is 1. The van der Waals surface area contributed by atoms with E-state index in [4.69, 9.17) is 9.84 Å². The van der Waals surface area contributed by atoms with Crippen LogP contribution in [-0.4, -0.2) is 34.2 Å². The van der Waals surface area contributed by atoms with Crippen LogP contribution in [0.5, 0.6) is 0 Å². The molecule has 0 saturated carbocycles. The van der Waals surface area contributed by atoms with Gasteiger partial charge in [0, 0.05) is 0 Å². The van der Waals surface area contributed by atoms with E-state index in [2.05, 4.69) is 5.43 Å². The van der Waals surface area contributed by atoms with Gasteiger partial charge in [-0.3, -0.25) is 10.2 Å². The third-order valence-corrected chi connectivity index (χ3v) is 3.47. The number of para-hydroxylation sites is 1. The summed E-state index contributed by atoms with van der Waals surface area (Å²) in [6.45, 7) is 0.306. The van der Waals surface area contributed by atoms with E-state index in [9.17, 15) is 9.59 Å². The van der Waals surface area contributed by atoms with Gasteiger partial charge in [-0.15, -0.1) is 0 Å². The first-order valence-corrected chi connectivity index (χ1v) is 7.20. The number of anilines is 1. The highest BCUT2D eigenvalue weighted by Crippen LogP contribution is 2.25. The van der Waals surface area contributed by atoms with E-state index >= 15 is 0 Å². The second kappa shape index (κ2) is 6.50. The first kappa shape index (κ1) is 15.1. The summed E-state index contributed by atoms with van der Waals surface area (Å²) in [7, 11) is 0. The first-order chi connectivity index (χ1) is 11.1. The molecule has 1 fully saturated rings. The molecule has 1 aliphatic rings. The number of carbonyl (C=O) groups excluding carboxylic acids is 1. The molecule has 23 heavy (non-hydrogen) atoms. The highest BCUT2D eigenvalue weighted by Gasteiger charge is 2.52. The summed E-state index contributed by atoms with van der Waals surface area (Å²) >= 11 is 0. The fraction of sp³-hybridized carbons (Fsp3) is 0.176. The van der Waals surface area contributed by atoms with Gasteiger partial charge >= 0.3 is 5.97 Å². The van der Waals surface area contributed by atoms with Crippen LogP contribution in [0.15, 0.2) is 60.7 Å². The van der Waals surface area contributed by atoms with Crippen molar-refractivity contribution in [2.75, 3.05) is 5.43 Å². The van der Waals surface area contributed by atoms with Crippen molar-refractivity contribution in [2.24, 2.45) is 0 Å².